The molecule has 2 saturated heterocycles. The van der Waals surface area contributed by atoms with Crippen LogP contribution in [0.15, 0.2) is 59.2 Å². The van der Waals surface area contributed by atoms with Gasteiger partial charge >= 0.3 is 0 Å². The number of hydrogen-bond acceptors (Lipinski definition) is 4. The predicted molar refractivity (Wildman–Crippen MR) is 125 cm³/mol. The van der Waals surface area contributed by atoms with E-state index in [0.717, 1.165) is 25.2 Å². The van der Waals surface area contributed by atoms with Crippen LogP contribution in [0.3, 0.4) is 0 Å². The predicted octanol–water partition coefficient (Wildman–Crippen LogP) is 4.24. The number of furan rings is 1. The lowest BCUT2D eigenvalue weighted by Gasteiger charge is -2.37. The fourth-order valence-electron chi connectivity index (χ4n) is 4.98. The largest absolute Gasteiger partial charge is 0.463 e. The van der Waals surface area contributed by atoms with Crippen LogP contribution in [0.5, 0.6) is 0 Å². The maximum absolute atomic E-state index is 13.5. The Kier molecular flexibility index (Phi) is 6.03. The maximum Gasteiger partial charge on any atom is 0.272 e. The minimum absolute atomic E-state index is 0.0112. The SMILES string of the molecule is C[C@H]1CCCN(C(=O)C2CCN(C(=O)c3cc(-c4ccco4)nn3-c3ccccc3)CC2)C1. The van der Waals surface area contributed by atoms with Gasteiger partial charge in [0.1, 0.15) is 11.4 Å². The summed E-state index contributed by atoms with van der Waals surface area (Å²) >= 11 is 0. The third-order valence-electron chi connectivity index (χ3n) is 6.80. The summed E-state index contributed by atoms with van der Waals surface area (Å²) in [6, 6.07) is 15.1. The smallest absolute Gasteiger partial charge is 0.272 e. The number of aromatic nitrogens is 2. The lowest BCUT2D eigenvalue weighted by Crippen LogP contribution is -2.47. The van der Waals surface area contributed by atoms with Crippen molar-refractivity contribution in [1.29, 1.82) is 0 Å². The van der Waals surface area contributed by atoms with Crippen LogP contribution < -0.4 is 0 Å². The summed E-state index contributed by atoms with van der Waals surface area (Å²) in [5.74, 6) is 1.41. The highest BCUT2D eigenvalue weighted by Gasteiger charge is 2.33. The number of carbonyl (C=O) groups excluding carboxylic acids is 2. The molecule has 1 atom stereocenters. The van der Waals surface area contributed by atoms with Crippen molar-refractivity contribution in [2.24, 2.45) is 11.8 Å². The Balaban J connectivity index is 1.32. The normalized spacial score (nSPS) is 19.6. The number of amides is 2. The highest BCUT2D eigenvalue weighted by atomic mass is 16.3. The summed E-state index contributed by atoms with van der Waals surface area (Å²) in [6.07, 6.45) is 5.31. The second kappa shape index (κ2) is 9.25. The first-order valence-electron chi connectivity index (χ1n) is 11.9. The van der Waals surface area contributed by atoms with Crippen LogP contribution in [0.25, 0.3) is 17.1 Å². The number of rotatable bonds is 4. The first kappa shape index (κ1) is 21.5. The summed E-state index contributed by atoms with van der Waals surface area (Å²) in [7, 11) is 0. The fourth-order valence-corrected chi connectivity index (χ4v) is 4.98. The van der Waals surface area contributed by atoms with Gasteiger partial charge in [0.15, 0.2) is 5.76 Å². The molecule has 2 aliphatic rings. The van der Waals surface area contributed by atoms with Crippen LogP contribution in [-0.2, 0) is 4.79 Å². The summed E-state index contributed by atoms with van der Waals surface area (Å²) in [5.41, 5.74) is 1.95. The number of hydrogen-bond donors (Lipinski definition) is 0. The van der Waals surface area contributed by atoms with Gasteiger partial charge in [0, 0.05) is 38.2 Å². The van der Waals surface area contributed by atoms with E-state index in [1.807, 2.05) is 52.3 Å². The molecule has 33 heavy (non-hydrogen) atoms. The molecule has 0 radical (unpaired) electrons. The molecule has 7 heteroatoms. The quantitative estimate of drug-likeness (QED) is 0.601. The average molecular weight is 447 g/mol. The molecule has 7 nitrogen and oxygen atoms in total. The topological polar surface area (TPSA) is 71.6 Å². The lowest BCUT2D eigenvalue weighted by atomic mass is 9.92. The lowest BCUT2D eigenvalue weighted by molar-refractivity contribution is -0.138. The van der Waals surface area contributed by atoms with Crippen molar-refractivity contribution in [2.45, 2.75) is 32.6 Å². The van der Waals surface area contributed by atoms with E-state index < -0.39 is 0 Å². The third-order valence-corrected chi connectivity index (χ3v) is 6.80. The van der Waals surface area contributed by atoms with Gasteiger partial charge in [0.25, 0.3) is 5.91 Å². The highest BCUT2D eigenvalue weighted by Crippen LogP contribution is 2.27. The van der Waals surface area contributed by atoms with Gasteiger partial charge in [-0.15, -0.1) is 0 Å². The van der Waals surface area contributed by atoms with Gasteiger partial charge in [-0.1, -0.05) is 25.1 Å². The van der Waals surface area contributed by atoms with E-state index in [9.17, 15) is 9.59 Å². The van der Waals surface area contributed by atoms with Crippen LogP contribution in [-0.4, -0.2) is 57.6 Å². The summed E-state index contributed by atoms with van der Waals surface area (Å²) in [6.45, 7) is 5.11. The molecule has 2 fully saturated rings. The first-order valence-corrected chi connectivity index (χ1v) is 11.9. The monoisotopic (exact) mass is 446 g/mol. The Morgan fingerprint density at radius 1 is 0.970 bits per heavy atom. The van der Waals surface area contributed by atoms with Crippen molar-refractivity contribution in [3.05, 3.63) is 60.5 Å². The molecule has 2 amide bonds. The molecular formula is C26H30N4O3. The van der Waals surface area contributed by atoms with Crippen molar-refractivity contribution >= 4 is 11.8 Å². The zero-order valence-corrected chi connectivity index (χ0v) is 19.0. The van der Waals surface area contributed by atoms with Crippen LogP contribution in [0.1, 0.15) is 43.1 Å². The van der Waals surface area contributed by atoms with Crippen molar-refractivity contribution in [3.63, 3.8) is 0 Å². The van der Waals surface area contributed by atoms with Crippen LogP contribution in [0, 0.1) is 11.8 Å². The van der Waals surface area contributed by atoms with Gasteiger partial charge < -0.3 is 14.2 Å². The van der Waals surface area contributed by atoms with Gasteiger partial charge in [0.2, 0.25) is 5.91 Å². The minimum Gasteiger partial charge on any atom is -0.463 e. The Labute approximate surface area is 194 Å². The van der Waals surface area contributed by atoms with Crippen LogP contribution in [0.4, 0.5) is 0 Å². The van der Waals surface area contributed by atoms with Crippen LogP contribution >= 0.6 is 0 Å². The fraction of sp³-hybridized carbons (Fsp3) is 0.423. The van der Waals surface area contributed by atoms with E-state index in [1.165, 1.54) is 6.42 Å². The van der Waals surface area contributed by atoms with E-state index in [1.54, 1.807) is 17.0 Å². The number of benzene rings is 1. The molecule has 0 bridgehead atoms. The molecule has 0 saturated carbocycles. The molecular weight excluding hydrogens is 416 g/mol. The van der Waals surface area contributed by atoms with Gasteiger partial charge in [-0.05, 0) is 55.9 Å². The molecule has 172 valence electrons. The van der Waals surface area contributed by atoms with Gasteiger partial charge in [-0.25, -0.2) is 4.68 Å². The standard InChI is InChI=1S/C26H30N4O3/c1-19-7-5-13-29(18-19)25(31)20-11-14-28(15-12-20)26(32)23-17-22(24-10-6-16-33-24)27-30(23)21-8-3-2-4-9-21/h2-4,6,8-10,16-17,19-20H,5,7,11-15,18H2,1H3/t19-/m0/s1. The molecule has 0 spiro atoms. The average Bonchev–Trinajstić information content (AvgIpc) is 3.54. The van der Waals surface area contributed by atoms with Crippen molar-refractivity contribution < 1.29 is 14.0 Å². The van der Waals surface area contributed by atoms with E-state index >= 15 is 0 Å². The van der Waals surface area contributed by atoms with Gasteiger partial charge in [0.05, 0.1) is 12.0 Å². The zero-order valence-electron chi connectivity index (χ0n) is 19.0. The molecule has 4 heterocycles. The summed E-state index contributed by atoms with van der Waals surface area (Å²) < 4.78 is 7.20. The van der Waals surface area contributed by atoms with E-state index in [2.05, 4.69) is 12.0 Å². The van der Waals surface area contributed by atoms with Crippen molar-refractivity contribution in [1.82, 2.24) is 19.6 Å². The molecule has 0 unspecified atom stereocenters. The molecule has 1 aromatic carbocycles. The summed E-state index contributed by atoms with van der Waals surface area (Å²) in [4.78, 5) is 30.4. The van der Waals surface area contributed by atoms with Gasteiger partial charge in [-0.2, -0.15) is 5.10 Å². The van der Waals surface area contributed by atoms with Crippen molar-refractivity contribution in [3.8, 4) is 17.1 Å². The second-order valence-corrected chi connectivity index (χ2v) is 9.24. The summed E-state index contributed by atoms with van der Waals surface area (Å²) in [5, 5.41) is 4.66. The molecule has 5 rings (SSSR count). The molecule has 2 aromatic heterocycles. The highest BCUT2D eigenvalue weighted by molar-refractivity contribution is 5.94. The zero-order chi connectivity index (χ0) is 22.8. The first-order chi connectivity index (χ1) is 16.1. The number of para-hydroxylation sites is 1. The van der Waals surface area contributed by atoms with E-state index in [4.69, 9.17) is 4.42 Å². The van der Waals surface area contributed by atoms with E-state index in [-0.39, 0.29) is 17.7 Å². The van der Waals surface area contributed by atoms with E-state index in [0.29, 0.717) is 49.0 Å². The molecule has 0 N–H and O–H groups in total. The number of likely N-dealkylation sites (tertiary alicyclic amines) is 2. The second-order valence-electron chi connectivity index (χ2n) is 9.24. The molecule has 3 aromatic rings. The Bertz CT molecular complexity index is 1100. The van der Waals surface area contributed by atoms with Gasteiger partial charge in [-0.3, -0.25) is 9.59 Å². The van der Waals surface area contributed by atoms with Crippen LogP contribution in [0.2, 0.25) is 0 Å². The number of carbonyl (C=O) groups is 2. The Morgan fingerprint density at radius 2 is 1.76 bits per heavy atom. The number of nitrogens with zero attached hydrogens (tertiary/aromatic N) is 4. The Hall–Kier alpha value is -3.35. The molecule has 2 aliphatic heterocycles. The maximum atomic E-state index is 13.5. The third kappa shape index (κ3) is 4.45. The Morgan fingerprint density at radius 3 is 2.45 bits per heavy atom. The van der Waals surface area contributed by atoms with Crippen molar-refractivity contribution in [2.75, 3.05) is 26.2 Å². The molecule has 0 aliphatic carbocycles. The number of piperidine rings is 2. The minimum atomic E-state index is -0.0679.